The topological polar surface area (TPSA) is 135 Å². The molecule has 3 aliphatic heterocycles. The maximum absolute atomic E-state index is 13.5. The lowest BCUT2D eigenvalue weighted by Crippen LogP contribution is -2.57. The van der Waals surface area contributed by atoms with E-state index in [1.807, 2.05) is 30.4 Å². The molecule has 1 saturated heterocycles. The molecule has 11 nitrogen and oxygen atoms in total. The van der Waals surface area contributed by atoms with E-state index < -0.39 is 47.7 Å². The van der Waals surface area contributed by atoms with Crippen molar-refractivity contribution in [2.24, 2.45) is 5.41 Å². The molecular formula is C26H33N3O8. The van der Waals surface area contributed by atoms with Gasteiger partial charge in [-0.25, -0.2) is 14.4 Å². The molecule has 37 heavy (non-hydrogen) atoms. The molecule has 3 aliphatic rings. The number of ether oxygens (including phenoxy) is 3. The van der Waals surface area contributed by atoms with Crippen molar-refractivity contribution in [3.8, 4) is 5.75 Å². The third-order valence-electron chi connectivity index (χ3n) is 6.66. The highest BCUT2D eigenvalue weighted by Gasteiger charge is 2.46. The highest BCUT2D eigenvalue weighted by molar-refractivity contribution is 5.90. The largest absolute Gasteiger partial charge is 0.490 e. The SMILES string of the molecule is CC(C)(C)[C@@H]1NC(=O)OCCC=CCOc2ccc3c(c2)CN(C3)C(=O)O[C@@H]2CC(C(=O)O)N(C2)C1=O. The van der Waals surface area contributed by atoms with Crippen molar-refractivity contribution in [1.82, 2.24) is 15.1 Å². The summed E-state index contributed by atoms with van der Waals surface area (Å²) in [5.41, 5.74) is 1.19. The minimum absolute atomic E-state index is 0.0424. The summed E-state index contributed by atoms with van der Waals surface area (Å²) in [7, 11) is 0. The second-order valence-corrected chi connectivity index (χ2v) is 10.5. The molecule has 1 fully saturated rings. The number of aliphatic carboxylic acids is 1. The lowest BCUT2D eigenvalue weighted by atomic mass is 9.85. The molecule has 4 rings (SSSR count). The van der Waals surface area contributed by atoms with E-state index in [2.05, 4.69) is 5.32 Å². The van der Waals surface area contributed by atoms with Crippen molar-refractivity contribution in [3.63, 3.8) is 0 Å². The van der Waals surface area contributed by atoms with Crippen molar-refractivity contribution in [2.45, 2.75) is 64.9 Å². The molecule has 0 aliphatic carbocycles. The second-order valence-electron chi connectivity index (χ2n) is 10.5. The first kappa shape index (κ1) is 26.3. The van der Waals surface area contributed by atoms with E-state index in [9.17, 15) is 24.3 Å². The number of rotatable bonds is 1. The molecule has 1 aromatic rings. The Morgan fingerprint density at radius 1 is 1.08 bits per heavy atom. The van der Waals surface area contributed by atoms with Crippen molar-refractivity contribution in [1.29, 1.82) is 0 Å². The third kappa shape index (κ3) is 6.15. The fraction of sp³-hybridized carbons (Fsp3) is 0.538. The van der Waals surface area contributed by atoms with Crippen molar-refractivity contribution < 1.29 is 38.5 Å². The zero-order chi connectivity index (χ0) is 26.7. The van der Waals surface area contributed by atoms with Crippen LogP contribution in [0.3, 0.4) is 0 Å². The zero-order valence-corrected chi connectivity index (χ0v) is 21.3. The van der Waals surface area contributed by atoms with Crippen LogP contribution >= 0.6 is 0 Å². The first-order chi connectivity index (χ1) is 17.5. The average molecular weight is 516 g/mol. The summed E-state index contributed by atoms with van der Waals surface area (Å²) in [6.45, 7) is 6.34. The van der Waals surface area contributed by atoms with Gasteiger partial charge >= 0.3 is 18.2 Å². The molecule has 3 atom stereocenters. The number of nitrogens with one attached hydrogen (secondary N) is 1. The minimum atomic E-state index is -1.20. The molecule has 11 heteroatoms. The number of carbonyl (C=O) groups excluding carboxylic acids is 3. The Balaban J connectivity index is 1.57. The zero-order valence-electron chi connectivity index (χ0n) is 21.3. The number of carbonyl (C=O) groups is 4. The van der Waals surface area contributed by atoms with Crippen LogP contribution in [0, 0.1) is 5.41 Å². The molecule has 0 radical (unpaired) electrons. The van der Waals surface area contributed by atoms with Crippen molar-refractivity contribution in [2.75, 3.05) is 19.8 Å². The maximum atomic E-state index is 13.5. The fourth-order valence-electron chi connectivity index (χ4n) is 4.69. The third-order valence-corrected chi connectivity index (χ3v) is 6.66. The summed E-state index contributed by atoms with van der Waals surface area (Å²) in [6, 6.07) is 3.39. The second kappa shape index (κ2) is 10.7. The van der Waals surface area contributed by atoms with Gasteiger partial charge in [0.15, 0.2) is 0 Å². The normalized spacial score (nSPS) is 25.2. The van der Waals surface area contributed by atoms with Gasteiger partial charge in [0.25, 0.3) is 0 Å². The Bertz CT molecular complexity index is 1100. The van der Waals surface area contributed by atoms with Crippen LogP contribution in [0.15, 0.2) is 30.4 Å². The molecule has 0 saturated carbocycles. The van der Waals surface area contributed by atoms with E-state index in [0.717, 1.165) is 11.1 Å². The van der Waals surface area contributed by atoms with Gasteiger partial charge in [-0.1, -0.05) is 39.0 Å². The Morgan fingerprint density at radius 3 is 2.57 bits per heavy atom. The summed E-state index contributed by atoms with van der Waals surface area (Å²) in [4.78, 5) is 53.6. The summed E-state index contributed by atoms with van der Waals surface area (Å²) < 4.78 is 16.6. The van der Waals surface area contributed by atoms with E-state index in [1.165, 1.54) is 9.80 Å². The molecule has 3 amide bonds. The van der Waals surface area contributed by atoms with Gasteiger partial charge in [0.2, 0.25) is 5.91 Å². The van der Waals surface area contributed by atoms with Crippen molar-refractivity contribution in [3.05, 3.63) is 41.5 Å². The van der Waals surface area contributed by atoms with Crippen LogP contribution < -0.4 is 10.1 Å². The molecule has 0 aromatic heterocycles. The highest BCUT2D eigenvalue weighted by atomic mass is 16.6. The van der Waals surface area contributed by atoms with Crippen LogP contribution in [0.1, 0.15) is 44.7 Å². The van der Waals surface area contributed by atoms with E-state index in [1.54, 1.807) is 20.8 Å². The fourth-order valence-corrected chi connectivity index (χ4v) is 4.69. The van der Waals surface area contributed by atoms with Crippen LogP contribution in [0.4, 0.5) is 9.59 Å². The molecule has 3 heterocycles. The summed E-state index contributed by atoms with van der Waals surface area (Å²) >= 11 is 0. The Kier molecular flexibility index (Phi) is 7.60. The summed E-state index contributed by atoms with van der Waals surface area (Å²) in [5.74, 6) is -1.11. The van der Waals surface area contributed by atoms with E-state index in [4.69, 9.17) is 14.2 Å². The predicted molar refractivity (Wildman–Crippen MR) is 131 cm³/mol. The first-order valence-corrected chi connectivity index (χ1v) is 12.3. The van der Waals surface area contributed by atoms with Crippen molar-refractivity contribution >= 4 is 24.1 Å². The number of fused-ring (bicyclic) bond motifs is 4. The van der Waals surface area contributed by atoms with Gasteiger partial charge in [-0.05, 0) is 35.1 Å². The highest BCUT2D eigenvalue weighted by Crippen LogP contribution is 2.30. The summed E-state index contributed by atoms with van der Waals surface area (Å²) in [5, 5.41) is 12.4. The van der Waals surface area contributed by atoms with Crippen LogP contribution in [-0.4, -0.2) is 76.9 Å². The standard InChI is InChI=1S/C26H33N3O8/c1-26(2,3)21-22(30)29-15-19(12-20(29)23(31)32)37-25(34)28-13-16-7-8-18(11-17(16)14-28)35-9-5-4-6-10-36-24(33)27-21/h4-5,7-8,11,19-21H,6,9-10,12-15H2,1-3H3,(H,27,33)(H,31,32)/t19-,20?,21-/m1/s1. The van der Waals surface area contributed by atoms with Crippen LogP contribution in [0.5, 0.6) is 5.75 Å². The van der Waals surface area contributed by atoms with Crippen LogP contribution in [0.2, 0.25) is 0 Å². The van der Waals surface area contributed by atoms with E-state index >= 15 is 0 Å². The van der Waals surface area contributed by atoms with Gasteiger partial charge in [-0.15, -0.1) is 0 Å². The number of cyclic esters (lactones) is 1. The Hall–Kier alpha value is -3.76. The van der Waals surface area contributed by atoms with Gasteiger partial charge in [-0.2, -0.15) is 0 Å². The number of amides is 3. The van der Waals surface area contributed by atoms with Gasteiger partial charge in [0, 0.05) is 19.5 Å². The van der Waals surface area contributed by atoms with E-state index in [-0.39, 0.29) is 19.6 Å². The lowest BCUT2D eigenvalue weighted by molar-refractivity contribution is -0.150. The Morgan fingerprint density at radius 2 is 1.84 bits per heavy atom. The van der Waals surface area contributed by atoms with Crippen LogP contribution in [-0.2, 0) is 32.2 Å². The number of nitrogens with zero attached hydrogens (tertiary/aromatic N) is 2. The number of benzene rings is 1. The van der Waals surface area contributed by atoms with E-state index in [0.29, 0.717) is 31.9 Å². The Labute approximate surface area is 215 Å². The first-order valence-electron chi connectivity index (χ1n) is 12.3. The molecular weight excluding hydrogens is 482 g/mol. The van der Waals surface area contributed by atoms with Gasteiger partial charge in [-0.3, -0.25) is 9.69 Å². The molecule has 1 unspecified atom stereocenters. The van der Waals surface area contributed by atoms with Crippen LogP contribution in [0.25, 0.3) is 0 Å². The molecule has 0 spiro atoms. The van der Waals surface area contributed by atoms with Gasteiger partial charge in [0.05, 0.1) is 13.2 Å². The van der Waals surface area contributed by atoms with Gasteiger partial charge in [0.1, 0.15) is 30.5 Å². The number of hydrogen-bond donors (Lipinski definition) is 2. The molecule has 2 N–H and O–H groups in total. The monoisotopic (exact) mass is 515 g/mol. The minimum Gasteiger partial charge on any atom is -0.490 e. The number of carboxylic acids is 1. The molecule has 1 aromatic carbocycles. The van der Waals surface area contributed by atoms with Gasteiger partial charge < -0.3 is 29.5 Å². The number of carboxylic acid groups (broad SMARTS) is 1. The quantitative estimate of drug-likeness (QED) is 0.545. The average Bonchev–Trinajstić information content (AvgIpc) is 3.44. The molecule has 5 bridgehead atoms. The predicted octanol–water partition coefficient (Wildman–Crippen LogP) is 2.67. The summed E-state index contributed by atoms with van der Waals surface area (Å²) in [6.07, 6.45) is 1.91. The maximum Gasteiger partial charge on any atom is 0.410 e. The lowest BCUT2D eigenvalue weighted by Gasteiger charge is -2.34. The number of alkyl carbamates (subject to hydrolysis) is 1. The smallest absolute Gasteiger partial charge is 0.410 e. The molecule has 200 valence electrons. The number of hydrogen-bond acceptors (Lipinski definition) is 7.